The minimum atomic E-state index is -0.121. The molecular formula is C16H14ClNO2. The first-order valence-corrected chi connectivity index (χ1v) is 6.39. The molecule has 0 saturated heterocycles. The highest BCUT2D eigenvalue weighted by Gasteiger charge is 2.03. The van der Waals surface area contributed by atoms with Crippen LogP contribution in [0, 0.1) is 0 Å². The van der Waals surface area contributed by atoms with Crippen LogP contribution in [0.4, 0.5) is 5.69 Å². The van der Waals surface area contributed by atoms with Gasteiger partial charge in [-0.05, 0) is 48.0 Å². The summed E-state index contributed by atoms with van der Waals surface area (Å²) < 4.78 is 5.07. The van der Waals surface area contributed by atoms with E-state index >= 15 is 0 Å². The average molecular weight is 288 g/mol. The van der Waals surface area contributed by atoms with Gasteiger partial charge in [-0.15, -0.1) is 0 Å². The second-order valence-corrected chi connectivity index (χ2v) is 4.62. The van der Waals surface area contributed by atoms with Crippen LogP contribution in [0.25, 0.3) is 6.08 Å². The van der Waals surface area contributed by atoms with Crippen LogP contribution in [0.5, 0.6) is 5.75 Å². The van der Waals surface area contributed by atoms with Crippen molar-refractivity contribution < 1.29 is 9.53 Å². The molecule has 0 aliphatic carbocycles. The fraction of sp³-hybridized carbons (Fsp3) is 0.0625. The first kappa shape index (κ1) is 14.2. The second-order valence-electron chi connectivity index (χ2n) is 4.21. The normalized spacial score (nSPS) is 10.7. The van der Waals surface area contributed by atoms with Gasteiger partial charge in [-0.2, -0.15) is 0 Å². The zero-order valence-electron chi connectivity index (χ0n) is 11.0. The molecule has 0 fully saturated rings. The van der Waals surface area contributed by atoms with Crippen molar-refractivity contribution in [3.63, 3.8) is 0 Å². The van der Waals surface area contributed by atoms with Gasteiger partial charge in [-0.3, -0.25) is 4.79 Å². The summed E-state index contributed by atoms with van der Waals surface area (Å²) in [5.41, 5.74) is 7.51. The number of halogens is 1. The van der Waals surface area contributed by atoms with Crippen LogP contribution in [-0.4, -0.2) is 12.9 Å². The predicted molar refractivity (Wildman–Crippen MR) is 82.2 cm³/mol. The van der Waals surface area contributed by atoms with E-state index in [1.54, 1.807) is 55.7 Å². The van der Waals surface area contributed by atoms with Crippen molar-refractivity contribution in [3.8, 4) is 5.75 Å². The number of hydrogen-bond donors (Lipinski definition) is 1. The molecule has 0 radical (unpaired) electrons. The van der Waals surface area contributed by atoms with Crippen LogP contribution in [0.2, 0.25) is 5.02 Å². The average Bonchev–Trinajstić information content (AvgIpc) is 2.45. The number of carbonyl (C=O) groups is 1. The number of ether oxygens (including phenoxy) is 1. The summed E-state index contributed by atoms with van der Waals surface area (Å²) in [7, 11) is 1.57. The number of hydrogen-bond acceptors (Lipinski definition) is 3. The summed E-state index contributed by atoms with van der Waals surface area (Å²) in [4.78, 5) is 12.0. The number of rotatable bonds is 4. The van der Waals surface area contributed by atoms with Crippen molar-refractivity contribution in [1.82, 2.24) is 0 Å². The minimum Gasteiger partial charge on any atom is -0.497 e. The molecule has 0 aliphatic heterocycles. The van der Waals surface area contributed by atoms with E-state index < -0.39 is 0 Å². The van der Waals surface area contributed by atoms with E-state index in [0.717, 1.165) is 5.56 Å². The van der Waals surface area contributed by atoms with E-state index in [1.165, 1.54) is 6.08 Å². The molecule has 0 amide bonds. The molecule has 0 heterocycles. The molecule has 0 bridgehead atoms. The van der Waals surface area contributed by atoms with Crippen molar-refractivity contribution in [2.24, 2.45) is 0 Å². The number of anilines is 1. The Kier molecular flexibility index (Phi) is 4.43. The van der Waals surface area contributed by atoms with Gasteiger partial charge in [0.2, 0.25) is 0 Å². The predicted octanol–water partition coefficient (Wildman–Crippen LogP) is 3.83. The van der Waals surface area contributed by atoms with Crippen LogP contribution in [0.15, 0.2) is 48.5 Å². The summed E-state index contributed by atoms with van der Waals surface area (Å²) in [6.07, 6.45) is 3.15. The molecule has 0 atom stereocenters. The minimum absolute atomic E-state index is 0.121. The molecule has 2 aromatic carbocycles. The van der Waals surface area contributed by atoms with E-state index in [4.69, 9.17) is 22.1 Å². The molecule has 0 spiro atoms. The highest BCUT2D eigenvalue weighted by molar-refractivity contribution is 6.32. The van der Waals surface area contributed by atoms with Gasteiger partial charge in [0.25, 0.3) is 0 Å². The van der Waals surface area contributed by atoms with Gasteiger partial charge in [-0.1, -0.05) is 23.7 Å². The lowest BCUT2D eigenvalue weighted by Crippen LogP contribution is -1.95. The Morgan fingerprint density at radius 3 is 2.70 bits per heavy atom. The van der Waals surface area contributed by atoms with E-state index in [2.05, 4.69) is 0 Å². The highest BCUT2D eigenvalue weighted by atomic mass is 35.5. The van der Waals surface area contributed by atoms with Crippen LogP contribution in [-0.2, 0) is 0 Å². The molecular weight excluding hydrogens is 274 g/mol. The molecule has 20 heavy (non-hydrogen) atoms. The van der Waals surface area contributed by atoms with E-state index in [9.17, 15) is 4.79 Å². The number of benzene rings is 2. The third kappa shape index (κ3) is 3.39. The quantitative estimate of drug-likeness (QED) is 0.528. The number of ketones is 1. The molecule has 0 unspecified atom stereocenters. The monoisotopic (exact) mass is 287 g/mol. The zero-order valence-corrected chi connectivity index (χ0v) is 11.7. The number of allylic oxidation sites excluding steroid dienone is 1. The Balaban J connectivity index is 2.19. The zero-order chi connectivity index (χ0) is 14.5. The van der Waals surface area contributed by atoms with Crippen LogP contribution in [0.1, 0.15) is 15.9 Å². The SMILES string of the molecule is COc1ccc(/C=C/C(=O)c2cccc(N)c2)c(Cl)c1. The molecule has 0 aromatic heterocycles. The largest absolute Gasteiger partial charge is 0.497 e. The Bertz CT molecular complexity index is 665. The van der Waals surface area contributed by atoms with Gasteiger partial charge >= 0.3 is 0 Å². The van der Waals surface area contributed by atoms with Crippen LogP contribution < -0.4 is 10.5 Å². The molecule has 102 valence electrons. The maximum atomic E-state index is 12.0. The van der Waals surface area contributed by atoms with Crippen molar-refractivity contribution >= 4 is 29.1 Å². The summed E-state index contributed by atoms with van der Waals surface area (Å²) in [6, 6.07) is 12.1. The van der Waals surface area contributed by atoms with Crippen molar-refractivity contribution in [2.45, 2.75) is 0 Å². The highest BCUT2D eigenvalue weighted by Crippen LogP contribution is 2.23. The summed E-state index contributed by atoms with van der Waals surface area (Å²) in [6.45, 7) is 0. The van der Waals surface area contributed by atoms with Gasteiger partial charge in [0.05, 0.1) is 12.1 Å². The lowest BCUT2D eigenvalue weighted by molar-refractivity contribution is 0.104. The van der Waals surface area contributed by atoms with E-state index in [0.29, 0.717) is 22.0 Å². The van der Waals surface area contributed by atoms with Gasteiger partial charge in [-0.25, -0.2) is 0 Å². The first-order valence-electron chi connectivity index (χ1n) is 6.01. The van der Waals surface area contributed by atoms with Crippen LogP contribution >= 0.6 is 11.6 Å². The molecule has 2 N–H and O–H groups in total. The third-order valence-electron chi connectivity index (χ3n) is 2.79. The fourth-order valence-corrected chi connectivity index (χ4v) is 1.96. The number of methoxy groups -OCH3 is 1. The maximum absolute atomic E-state index is 12.0. The Morgan fingerprint density at radius 1 is 1.25 bits per heavy atom. The maximum Gasteiger partial charge on any atom is 0.185 e. The molecule has 0 aliphatic rings. The molecule has 3 nitrogen and oxygen atoms in total. The van der Waals surface area contributed by atoms with Gasteiger partial charge in [0, 0.05) is 11.3 Å². The van der Waals surface area contributed by atoms with Crippen molar-refractivity contribution in [1.29, 1.82) is 0 Å². The van der Waals surface area contributed by atoms with Crippen molar-refractivity contribution in [3.05, 3.63) is 64.7 Å². The Labute approximate surface area is 122 Å². The fourth-order valence-electron chi connectivity index (χ4n) is 1.72. The van der Waals surface area contributed by atoms with Crippen molar-refractivity contribution in [2.75, 3.05) is 12.8 Å². The van der Waals surface area contributed by atoms with E-state index in [1.807, 2.05) is 0 Å². The second kappa shape index (κ2) is 6.26. The lowest BCUT2D eigenvalue weighted by atomic mass is 10.1. The Morgan fingerprint density at radius 2 is 2.05 bits per heavy atom. The molecule has 4 heteroatoms. The number of nitrogens with two attached hydrogens (primary N) is 1. The summed E-state index contributed by atoms with van der Waals surface area (Å²) >= 11 is 6.10. The number of carbonyl (C=O) groups excluding carboxylic acids is 1. The van der Waals surface area contributed by atoms with E-state index in [-0.39, 0.29) is 5.78 Å². The van der Waals surface area contributed by atoms with Gasteiger partial charge < -0.3 is 10.5 Å². The molecule has 0 saturated carbocycles. The summed E-state index contributed by atoms with van der Waals surface area (Å²) in [5.74, 6) is 0.554. The number of nitrogen functional groups attached to an aromatic ring is 1. The molecule has 2 rings (SSSR count). The summed E-state index contributed by atoms with van der Waals surface area (Å²) in [5, 5.41) is 0.529. The lowest BCUT2D eigenvalue weighted by Gasteiger charge is -2.02. The van der Waals surface area contributed by atoms with Gasteiger partial charge in [0.15, 0.2) is 5.78 Å². The smallest absolute Gasteiger partial charge is 0.185 e. The first-order chi connectivity index (χ1) is 9.60. The van der Waals surface area contributed by atoms with Crippen LogP contribution in [0.3, 0.4) is 0 Å². The molecule has 2 aromatic rings. The Hall–Kier alpha value is -2.26. The topological polar surface area (TPSA) is 52.3 Å². The van der Waals surface area contributed by atoms with Gasteiger partial charge in [0.1, 0.15) is 5.75 Å². The third-order valence-corrected chi connectivity index (χ3v) is 3.12. The standard InChI is InChI=1S/C16H14ClNO2/c1-20-14-7-5-11(15(17)10-14)6-8-16(19)12-3-2-4-13(18)9-12/h2-10H,18H2,1H3/b8-6+.